The summed E-state index contributed by atoms with van der Waals surface area (Å²) in [5.74, 6) is -0.464. The third-order valence-electron chi connectivity index (χ3n) is 7.88. The molecule has 5 rings (SSSR count). The van der Waals surface area contributed by atoms with Crippen molar-refractivity contribution in [2.24, 2.45) is 0 Å². The van der Waals surface area contributed by atoms with Gasteiger partial charge in [-0.1, -0.05) is 54.6 Å². The fraction of sp³-hybridized carbons (Fsp3) is 0.273. The van der Waals surface area contributed by atoms with E-state index in [9.17, 15) is 24.3 Å². The third kappa shape index (κ3) is 5.86. The van der Waals surface area contributed by atoms with Gasteiger partial charge in [-0.05, 0) is 47.9 Å². The van der Waals surface area contributed by atoms with Crippen LogP contribution in [0.15, 0.2) is 94.6 Å². The standard InChI is InChI=1S/C33H33N3O8/c1-21-18-35(32(41)34-30(21)38)20-29(37)36-19-27(17-28(36)31(39)40)44-33(22-7-5-4-6-8-22,23-9-13-25(42-2)14-10-23)24-11-15-26(43-3)16-12-24/h4-16,18,27-28H,17,19-20H2,1-3H3,(H,39,40)(H,34,38,41)/t27-,28+/m0/s1. The van der Waals surface area contributed by atoms with Crippen molar-refractivity contribution in [2.45, 2.75) is 37.6 Å². The Bertz CT molecular complexity index is 1700. The van der Waals surface area contributed by atoms with Crippen LogP contribution in [0.1, 0.15) is 28.7 Å². The van der Waals surface area contributed by atoms with E-state index in [0.717, 1.165) is 21.3 Å². The van der Waals surface area contributed by atoms with E-state index in [0.29, 0.717) is 11.5 Å². The number of methoxy groups -OCH3 is 2. The number of aromatic amines is 1. The predicted octanol–water partition coefficient (Wildman–Crippen LogP) is 2.93. The Kier molecular flexibility index (Phi) is 8.68. The summed E-state index contributed by atoms with van der Waals surface area (Å²) in [5, 5.41) is 10.1. The van der Waals surface area contributed by atoms with Crippen LogP contribution in [0, 0.1) is 6.92 Å². The van der Waals surface area contributed by atoms with Crippen LogP contribution in [0.5, 0.6) is 11.5 Å². The minimum Gasteiger partial charge on any atom is -0.497 e. The van der Waals surface area contributed by atoms with Crippen molar-refractivity contribution in [3.63, 3.8) is 0 Å². The summed E-state index contributed by atoms with van der Waals surface area (Å²) in [6, 6.07) is 23.3. The van der Waals surface area contributed by atoms with Crippen molar-refractivity contribution in [2.75, 3.05) is 20.8 Å². The molecule has 2 N–H and O–H groups in total. The fourth-order valence-electron chi connectivity index (χ4n) is 5.64. The van der Waals surface area contributed by atoms with Crippen molar-refractivity contribution in [3.8, 4) is 11.5 Å². The number of nitrogens with zero attached hydrogens (tertiary/aromatic N) is 2. The molecular weight excluding hydrogens is 566 g/mol. The molecule has 11 nitrogen and oxygen atoms in total. The number of benzene rings is 3. The van der Waals surface area contributed by atoms with Crippen LogP contribution in [-0.2, 0) is 26.5 Å². The molecule has 0 spiro atoms. The number of likely N-dealkylation sites (tertiary alicyclic amines) is 1. The smallest absolute Gasteiger partial charge is 0.328 e. The van der Waals surface area contributed by atoms with Crippen molar-refractivity contribution in [1.82, 2.24) is 14.5 Å². The number of carbonyl (C=O) groups is 2. The first-order chi connectivity index (χ1) is 21.2. The van der Waals surface area contributed by atoms with Crippen molar-refractivity contribution in [3.05, 3.63) is 128 Å². The number of ether oxygens (including phenoxy) is 3. The van der Waals surface area contributed by atoms with E-state index in [-0.39, 0.29) is 18.5 Å². The summed E-state index contributed by atoms with van der Waals surface area (Å²) in [4.78, 5) is 53.4. The van der Waals surface area contributed by atoms with Gasteiger partial charge >= 0.3 is 11.7 Å². The van der Waals surface area contributed by atoms with Crippen LogP contribution in [0.2, 0.25) is 0 Å². The van der Waals surface area contributed by atoms with Crippen LogP contribution in [0.25, 0.3) is 0 Å². The number of carbonyl (C=O) groups excluding carboxylic acids is 1. The van der Waals surface area contributed by atoms with Crippen LogP contribution in [0.3, 0.4) is 0 Å². The highest BCUT2D eigenvalue weighted by atomic mass is 16.5. The normalized spacial score (nSPS) is 16.5. The molecule has 1 aliphatic rings. The van der Waals surface area contributed by atoms with Crippen LogP contribution in [0.4, 0.5) is 0 Å². The van der Waals surface area contributed by atoms with Gasteiger partial charge in [0.25, 0.3) is 5.56 Å². The van der Waals surface area contributed by atoms with Crippen molar-refractivity contribution in [1.29, 1.82) is 0 Å². The van der Waals surface area contributed by atoms with Crippen LogP contribution >= 0.6 is 0 Å². The number of amides is 1. The average molecular weight is 600 g/mol. The highest BCUT2D eigenvalue weighted by molar-refractivity contribution is 5.84. The summed E-state index contributed by atoms with van der Waals surface area (Å²) in [6.45, 7) is 1.04. The third-order valence-corrected chi connectivity index (χ3v) is 7.88. The Labute approximate surface area is 253 Å². The Morgan fingerprint density at radius 2 is 1.43 bits per heavy atom. The Morgan fingerprint density at radius 1 is 0.886 bits per heavy atom. The number of aromatic nitrogens is 2. The van der Waals surface area contributed by atoms with Crippen molar-refractivity contribution < 1.29 is 28.9 Å². The first-order valence-corrected chi connectivity index (χ1v) is 14.0. The molecule has 2 atom stereocenters. The molecule has 1 aromatic heterocycles. The van der Waals surface area contributed by atoms with E-state index >= 15 is 0 Å². The zero-order valence-electron chi connectivity index (χ0n) is 24.6. The maximum atomic E-state index is 13.5. The van der Waals surface area contributed by atoms with Gasteiger partial charge in [-0.15, -0.1) is 0 Å². The number of aryl methyl sites for hydroxylation is 1. The van der Waals surface area contributed by atoms with Gasteiger partial charge in [0.1, 0.15) is 29.7 Å². The lowest BCUT2D eigenvalue weighted by molar-refractivity contribution is -0.148. The monoisotopic (exact) mass is 599 g/mol. The summed E-state index contributed by atoms with van der Waals surface area (Å²) >= 11 is 0. The molecule has 2 heterocycles. The molecule has 3 aromatic carbocycles. The predicted molar refractivity (Wildman–Crippen MR) is 161 cm³/mol. The average Bonchev–Trinajstić information content (AvgIpc) is 3.47. The number of carboxylic acids is 1. The Morgan fingerprint density at radius 3 is 1.95 bits per heavy atom. The number of aliphatic carboxylic acids is 1. The lowest BCUT2D eigenvalue weighted by atomic mass is 9.79. The quantitative estimate of drug-likeness (QED) is 0.265. The van der Waals surface area contributed by atoms with E-state index in [4.69, 9.17) is 14.2 Å². The molecule has 0 unspecified atom stereocenters. The molecule has 0 aliphatic carbocycles. The molecule has 1 amide bonds. The van der Waals surface area contributed by atoms with Gasteiger partial charge in [0.2, 0.25) is 5.91 Å². The van der Waals surface area contributed by atoms with Gasteiger partial charge in [0.05, 0.1) is 20.3 Å². The number of carboxylic acid groups (broad SMARTS) is 1. The Hall–Kier alpha value is -5.16. The number of rotatable bonds is 10. The fourth-order valence-corrected chi connectivity index (χ4v) is 5.64. The van der Waals surface area contributed by atoms with Crippen LogP contribution < -0.4 is 20.7 Å². The lowest BCUT2D eigenvalue weighted by Crippen LogP contribution is -2.44. The second-order valence-corrected chi connectivity index (χ2v) is 10.6. The molecule has 4 aromatic rings. The van der Waals surface area contributed by atoms with Gasteiger partial charge in [-0.3, -0.25) is 19.1 Å². The van der Waals surface area contributed by atoms with Gasteiger partial charge < -0.3 is 24.2 Å². The number of H-pyrrole nitrogens is 1. The van der Waals surface area contributed by atoms with E-state index < -0.39 is 47.4 Å². The zero-order chi connectivity index (χ0) is 31.4. The first kappa shape index (κ1) is 30.3. The molecule has 0 radical (unpaired) electrons. The van der Waals surface area contributed by atoms with E-state index in [1.54, 1.807) is 14.2 Å². The molecule has 0 bridgehead atoms. The van der Waals surface area contributed by atoms with Gasteiger partial charge in [-0.25, -0.2) is 9.59 Å². The minimum absolute atomic E-state index is 0.0154. The largest absolute Gasteiger partial charge is 0.497 e. The maximum absolute atomic E-state index is 13.5. The van der Waals surface area contributed by atoms with Gasteiger partial charge in [0, 0.05) is 24.7 Å². The number of hydrogen-bond donors (Lipinski definition) is 2. The number of hydrogen-bond acceptors (Lipinski definition) is 7. The molecule has 1 fully saturated rings. The first-order valence-electron chi connectivity index (χ1n) is 14.0. The number of nitrogens with one attached hydrogen (secondary N) is 1. The summed E-state index contributed by atoms with van der Waals surface area (Å²) in [5.41, 5.74) is 0.0624. The zero-order valence-corrected chi connectivity index (χ0v) is 24.6. The van der Waals surface area contributed by atoms with E-state index in [2.05, 4.69) is 4.98 Å². The highest BCUT2D eigenvalue weighted by Crippen LogP contribution is 2.44. The van der Waals surface area contributed by atoms with E-state index in [1.165, 1.54) is 18.0 Å². The second kappa shape index (κ2) is 12.6. The van der Waals surface area contributed by atoms with E-state index in [1.807, 2.05) is 78.9 Å². The maximum Gasteiger partial charge on any atom is 0.328 e. The van der Waals surface area contributed by atoms with Crippen molar-refractivity contribution >= 4 is 11.9 Å². The second-order valence-electron chi connectivity index (χ2n) is 10.6. The molecule has 1 aliphatic heterocycles. The SMILES string of the molecule is COc1ccc(C(O[C@H]2C[C@H](C(=O)O)N(C(=O)Cn3cc(C)c(=O)[nH]c3=O)C2)(c2ccccc2)c2ccc(OC)cc2)cc1. The van der Waals surface area contributed by atoms with Gasteiger partial charge in [0.15, 0.2) is 0 Å². The molecule has 0 saturated carbocycles. The lowest BCUT2D eigenvalue weighted by Gasteiger charge is -2.38. The summed E-state index contributed by atoms with van der Waals surface area (Å²) < 4.78 is 18.9. The molecular formula is C33H33N3O8. The molecule has 228 valence electrons. The molecule has 1 saturated heterocycles. The highest BCUT2D eigenvalue weighted by Gasteiger charge is 2.46. The summed E-state index contributed by atoms with van der Waals surface area (Å²) in [7, 11) is 3.16. The van der Waals surface area contributed by atoms with Gasteiger partial charge in [-0.2, -0.15) is 0 Å². The van der Waals surface area contributed by atoms with Crippen LogP contribution in [-0.4, -0.2) is 64.3 Å². The molecule has 11 heteroatoms. The topological polar surface area (TPSA) is 140 Å². The Balaban J connectivity index is 1.57. The molecule has 44 heavy (non-hydrogen) atoms. The minimum atomic E-state index is -1.21. The summed E-state index contributed by atoms with van der Waals surface area (Å²) in [6.07, 6.45) is 0.590.